The van der Waals surface area contributed by atoms with E-state index in [0.717, 1.165) is 13.1 Å². The van der Waals surface area contributed by atoms with Gasteiger partial charge in [-0.1, -0.05) is 0 Å². The molecule has 0 saturated carbocycles. The van der Waals surface area contributed by atoms with Crippen molar-refractivity contribution >= 4 is 6.03 Å². The number of nitrogens with one attached hydrogen (secondary N) is 3. The summed E-state index contributed by atoms with van der Waals surface area (Å²) < 4.78 is 0. The van der Waals surface area contributed by atoms with Gasteiger partial charge < -0.3 is 10.3 Å². The highest BCUT2D eigenvalue weighted by Crippen LogP contribution is 2.17. The molecule has 0 aliphatic carbocycles. The minimum atomic E-state index is -0.220. The maximum atomic E-state index is 11.2. The first kappa shape index (κ1) is 8.33. The maximum Gasteiger partial charge on any atom is 0.331 e. The van der Waals surface area contributed by atoms with E-state index in [1.807, 2.05) is 6.08 Å². The molecule has 2 rings (SSSR count). The Morgan fingerprint density at radius 2 is 2.62 bits per heavy atom. The van der Waals surface area contributed by atoms with Crippen molar-refractivity contribution in [3.8, 4) is 0 Å². The molecule has 1 saturated heterocycles. The molecule has 6 nitrogen and oxygen atoms in total. The van der Waals surface area contributed by atoms with Crippen LogP contribution in [-0.2, 0) is 0 Å². The quantitative estimate of drug-likeness (QED) is 0.209. The van der Waals surface area contributed by atoms with Crippen molar-refractivity contribution < 1.29 is 4.79 Å². The van der Waals surface area contributed by atoms with Gasteiger partial charge in [0.05, 0.1) is 0 Å². The summed E-state index contributed by atoms with van der Waals surface area (Å²) >= 11 is 0. The molecule has 0 radical (unpaired) electrons. The predicted molar refractivity (Wildman–Crippen MR) is 47.0 cm³/mol. The minimum absolute atomic E-state index is 0.220. The Morgan fingerprint density at radius 1 is 1.77 bits per heavy atom. The van der Waals surface area contributed by atoms with Crippen LogP contribution in [0.25, 0.3) is 0 Å². The highest BCUT2D eigenvalue weighted by molar-refractivity contribution is 5.73. The van der Waals surface area contributed by atoms with Gasteiger partial charge in [0.15, 0.2) is 0 Å². The Morgan fingerprint density at radius 3 is 3.38 bits per heavy atom. The molecule has 0 aromatic heterocycles. The molecule has 1 unspecified atom stereocenters. The molecule has 1 atom stereocenters. The number of hydrogen-bond donors (Lipinski definition) is 4. The highest BCUT2D eigenvalue weighted by atomic mass is 16.2. The molecule has 72 valence electrons. The summed E-state index contributed by atoms with van der Waals surface area (Å²) in [7, 11) is 0. The van der Waals surface area contributed by atoms with Gasteiger partial charge in [-0.15, -0.1) is 0 Å². The van der Waals surface area contributed by atoms with Crippen LogP contribution in [0, 0.1) is 5.92 Å². The van der Waals surface area contributed by atoms with E-state index in [-0.39, 0.29) is 6.03 Å². The fourth-order valence-corrected chi connectivity index (χ4v) is 1.68. The number of carbonyl (C=O) groups excluding carboxylic acids is 1. The van der Waals surface area contributed by atoms with Gasteiger partial charge in [-0.3, -0.25) is 5.43 Å². The van der Waals surface area contributed by atoms with Crippen LogP contribution >= 0.6 is 0 Å². The maximum absolute atomic E-state index is 11.2. The molecule has 0 aromatic carbocycles. The lowest BCUT2D eigenvalue weighted by molar-refractivity contribution is 0.195. The monoisotopic (exact) mass is 183 g/mol. The summed E-state index contributed by atoms with van der Waals surface area (Å²) in [5.41, 5.74) is 9.40. The van der Waals surface area contributed by atoms with Crippen LogP contribution < -0.4 is 22.1 Å². The zero-order valence-corrected chi connectivity index (χ0v) is 7.21. The standard InChI is InChI=1S/C7H13N5O/c8-10-7(13)12-2-1-6-5(4-12)3-9-11-6/h1,5,9,11H,2-4,8H2,(H,10,13). The average Bonchev–Trinajstić information content (AvgIpc) is 2.63. The Hall–Kier alpha value is -1.27. The number of fused-ring (bicyclic) bond motifs is 1. The number of rotatable bonds is 0. The number of urea groups is 1. The Balaban J connectivity index is 2.03. The smallest absolute Gasteiger partial charge is 0.325 e. The summed E-state index contributed by atoms with van der Waals surface area (Å²) in [4.78, 5) is 12.9. The van der Waals surface area contributed by atoms with E-state index in [0.29, 0.717) is 12.5 Å². The Kier molecular flexibility index (Phi) is 2.07. The van der Waals surface area contributed by atoms with Gasteiger partial charge in [-0.2, -0.15) is 0 Å². The van der Waals surface area contributed by atoms with E-state index >= 15 is 0 Å². The van der Waals surface area contributed by atoms with Gasteiger partial charge in [0, 0.05) is 31.2 Å². The molecule has 0 aromatic rings. The van der Waals surface area contributed by atoms with E-state index in [1.165, 1.54) is 5.70 Å². The van der Waals surface area contributed by atoms with Crippen LogP contribution in [0.15, 0.2) is 11.8 Å². The van der Waals surface area contributed by atoms with Gasteiger partial charge in [0.1, 0.15) is 0 Å². The van der Waals surface area contributed by atoms with Gasteiger partial charge in [-0.05, 0) is 6.08 Å². The molecule has 0 bridgehead atoms. The number of hydrogen-bond acceptors (Lipinski definition) is 4. The molecular formula is C7H13N5O. The normalized spacial score (nSPS) is 26.1. The summed E-state index contributed by atoms with van der Waals surface area (Å²) in [5.74, 6) is 5.43. The summed E-state index contributed by atoms with van der Waals surface area (Å²) in [6.07, 6.45) is 2.00. The third-order valence-corrected chi connectivity index (χ3v) is 2.40. The van der Waals surface area contributed by atoms with E-state index in [9.17, 15) is 4.79 Å². The van der Waals surface area contributed by atoms with E-state index in [2.05, 4.69) is 16.3 Å². The first-order chi connectivity index (χ1) is 6.31. The van der Waals surface area contributed by atoms with Crippen LogP contribution in [0.5, 0.6) is 0 Å². The molecule has 2 aliphatic rings. The number of carbonyl (C=O) groups is 1. The van der Waals surface area contributed by atoms with Crippen molar-refractivity contribution in [2.75, 3.05) is 19.6 Å². The molecule has 1 fully saturated rings. The third-order valence-electron chi connectivity index (χ3n) is 2.40. The van der Waals surface area contributed by atoms with Crippen molar-refractivity contribution in [3.63, 3.8) is 0 Å². The molecule has 13 heavy (non-hydrogen) atoms. The second-order valence-electron chi connectivity index (χ2n) is 3.22. The topological polar surface area (TPSA) is 82.4 Å². The van der Waals surface area contributed by atoms with Crippen molar-refractivity contribution in [1.29, 1.82) is 0 Å². The molecule has 2 aliphatic heterocycles. The molecule has 2 heterocycles. The molecule has 2 amide bonds. The summed E-state index contributed by atoms with van der Waals surface area (Å²) in [6, 6.07) is -0.220. The highest BCUT2D eigenvalue weighted by Gasteiger charge is 2.28. The van der Waals surface area contributed by atoms with Crippen LogP contribution in [-0.4, -0.2) is 30.6 Å². The zero-order chi connectivity index (χ0) is 9.26. The molecular weight excluding hydrogens is 170 g/mol. The van der Waals surface area contributed by atoms with E-state index < -0.39 is 0 Å². The van der Waals surface area contributed by atoms with Crippen molar-refractivity contribution in [2.24, 2.45) is 11.8 Å². The molecule has 0 spiro atoms. The fraction of sp³-hybridized carbons (Fsp3) is 0.571. The van der Waals surface area contributed by atoms with Crippen LogP contribution in [0.4, 0.5) is 4.79 Å². The third kappa shape index (κ3) is 1.45. The second kappa shape index (κ2) is 3.23. The first-order valence-corrected chi connectivity index (χ1v) is 4.25. The second-order valence-corrected chi connectivity index (χ2v) is 3.22. The first-order valence-electron chi connectivity index (χ1n) is 4.25. The van der Waals surface area contributed by atoms with Crippen LogP contribution in [0.3, 0.4) is 0 Å². The summed E-state index contributed by atoms with van der Waals surface area (Å²) in [5, 5.41) is 0. The number of hydrazine groups is 2. The average molecular weight is 183 g/mol. The minimum Gasteiger partial charge on any atom is -0.325 e. The lowest BCUT2D eigenvalue weighted by Gasteiger charge is -2.27. The SMILES string of the molecule is NNC(=O)N1CC=C2NNCC2C1. The lowest BCUT2D eigenvalue weighted by atomic mass is 10.0. The van der Waals surface area contributed by atoms with Gasteiger partial charge >= 0.3 is 6.03 Å². The molecule has 6 heteroatoms. The lowest BCUT2D eigenvalue weighted by Crippen LogP contribution is -2.47. The molecule has 5 N–H and O–H groups in total. The van der Waals surface area contributed by atoms with Crippen LogP contribution in [0.2, 0.25) is 0 Å². The van der Waals surface area contributed by atoms with Crippen molar-refractivity contribution in [2.45, 2.75) is 0 Å². The number of nitrogens with zero attached hydrogens (tertiary/aromatic N) is 1. The number of amides is 2. The zero-order valence-electron chi connectivity index (χ0n) is 7.21. The Bertz CT molecular complexity index is 251. The van der Waals surface area contributed by atoms with Gasteiger partial charge in [0.2, 0.25) is 0 Å². The van der Waals surface area contributed by atoms with Gasteiger partial charge in [-0.25, -0.2) is 16.1 Å². The largest absolute Gasteiger partial charge is 0.331 e. The van der Waals surface area contributed by atoms with Crippen molar-refractivity contribution in [3.05, 3.63) is 11.8 Å². The summed E-state index contributed by atoms with van der Waals surface area (Å²) in [6.45, 7) is 2.19. The van der Waals surface area contributed by atoms with Gasteiger partial charge in [0.25, 0.3) is 0 Å². The predicted octanol–water partition coefficient (Wildman–Crippen LogP) is -1.51. The van der Waals surface area contributed by atoms with Crippen molar-refractivity contribution in [1.82, 2.24) is 21.2 Å². The fourth-order valence-electron chi connectivity index (χ4n) is 1.68. The van der Waals surface area contributed by atoms with E-state index in [4.69, 9.17) is 5.84 Å². The number of nitrogens with two attached hydrogens (primary N) is 1. The Labute approximate surface area is 76.1 Å². The van der Waals surface area contributed by atoms with Crippen LogP contribution in [0.1, 0.15) is 0 Å². The van der Waals surface area contributed by atoms with E-state index in [1.54, 1.807) is 4.90 Å².